The topological polar surface area (TPSA) is 71.1 Å². The van der Waals surface area contributed by atoms with Crippen LogP contribution in [0.3, 0.4) is 0 Å². The first-order valence-electron chi connectivity index (χ1n) is 14.8. The van der Waals surface area contributed by atoms with E-state index in [4.69, 9.17) is 11.3 Å². The molecule has 2 aliphatic rings. The molecule has 43 heavy (non-hydrogen) atoms. The van der Waals surface area contributed by atoms with Gasteiger partial charge in [-0.2, -0.15) is 18.2 Å². The van der Waals surface area contributed by atoms with Gasteiger partial charge in [0.25, 0.3) is 5.82 Å². The van der Waals surface area contributed by atoms with Crippen LogP contribution < -0.4 is 10.6 Å². The van der Waals surface area contributed by atoms with Crippen molar-refractivity contribution in [1.82, 2.24) is 24.3 Å². The van der Waals surface area contributed by atoms with Crippen LogP contribution in [0.2, 0.25) is 0 Å². The lowest BCUT2D eigenvalue weighted by Gasteiger charge is -2.48. The zero-order valence-electron chi connectivity index (χ0n) is 25.1. The number of aromatic nitrogens is 3. The third kappa shape index (κ3) is 6.25. The van der Waals surface area contributed by atoms with E-state index >= 15 is 0 Å². The van der Waals surface area contributed by atoms with Crippen molar-refractivity contribution < 1.29 is 17.9 Å². The zero-order chi connectivity index (χ0) is 30.9. The number of nitrogens with zero attached hydrogens (tertiary/aromatic N) is 7. The number of hydrogen-bond acceptors (Lipinski definition) is 7. The average molecular weight is 598 g/mol. The Morgan fingerprint density at radius 1 is 1.12 bits per heavy atom. The molecule has 0 amide bonds. The van der Waals surface area contributed by atoms with Crippen LogP contribution in [-0.4, -0.2) is 75.8 Å². The van der Waals surface area contributed by atoms with Gasteiger partial charge in [-0.3, -0.25) is 14.4 Å². The summed E-state index contributed by atoms with van der Waals surface area (Å²) in [6.45, 7) is 17.3. The van der Waals surface area contributed by atoms with E-state index in [9.17, 15) is 18.0 Å². The van der Waals surface area contributed by atoms with Gasteiger partial charge in [0.05, 0.1) is 24.3 Å². The SMILES string of the molecule is [C-]#[N+]c1ccc2c(n1)c(N1C[C@@H](CC)N(C(CC)c3ccc(C(F)(F)F)c(CN4CCOCC4)c3)C[C@@H]1C)nc(=O)n2C. The first-order chi connectivity index (χ1) is 20.5. The van der Waals surface area contributed by atoms with Crippen molar-refractivity contribution in [2.24, 2.45) is 7.05 Å². The van der Waals surface area contributed by atoms with Crippen LogP contribution in [0.1, 0.15) is 56.3 Å². The van der Waals surface area contributed by atoms with E-state index in [1.165, 1.54) is 10.6 Å². The van der Waals surface area contributed by atoms with Gasteiger partial charge in [-0.05, 0) is 49.1 Å². The molecule has 0 radical (unpaired) electrons. The van der Waals surface area contributed by atoms with Crippen LogP contribution in [-0.2, 0) is 24.5 Å². The van der Waals surface area contributed by atoms with Crippen molar-refractivity contribution in [2.45, 2.75) is 64.5 Å². The molecular weight excluding hydrogens is 559 g/mol. The molecule has 0 aliphatic carbocycles. The van der Waals surface area contributed by atoms with Gasteiger partial charge in [-0.25, -0.2) is 4.79 Å². The van der Waals surface area contributed by atoms with Crippen molar-refractivity contribution in [3.8, 4) is 0 Å². The minimum Gasteiger partial charge on any atom is -0.379 e. The standard InChI is InChI=1S/C31H38F3N7O2/c1-6-23-19-40(29-28-26(38(5)30(42)37-29)10-11-27(35-4)36-28)20(3)17-41(23)25(7-2)21-8-9-24(31(32,33)34)22(16-21)18-39-12-14-43-15-13-39/h8-11,16,20,23,25H,6-7,12-15,17-19H2,1-3,5H3/t20-,23+,25?/m0/s1. The van der Waals surface area contributed by atoms with Gasteiger partial charge in [0.1, 0.15) is 0 Å². The second-order valence-corrected chi connectivity index (χ2v) is 11.4. The summed E-state index contributed by atoms with van der Waals surface area (Å²) in [6.07, 6.45) is -2.91. The molecule has 2 aromatic heterocycles. The number of morpholine rings is 1. The first kappa shape index (κ1) is 30.9. The summed E-state index contributed by atoms with van der Waals surface area (Å²) in [5, 5.41) is 0. The average Bonchev–Trinajstić information content (AvgIpc) is 2.99. The largest absolute Gasteiger partial charge is 0.416 e. The van der Waals surface area contributed by atoms with Gasteiger partial charge in [0, 0.05) is 57.9 Å². The van der Waals surface area contributed by atoms with Gasteiger partial charge in [-0.1, -0.05) is 32.6 Å². The van der Waals surface area contributed by atoms with E-state index in [2.05, 4.69) is 45.4 Å². The van der Waals surface area contributed by atoms with E-state index in [1.807, 2.05) is 4.90 Å². The Kier molecular flexibility index (Phi) is 9.06. The Balaban J connectivity index is 1.48. The third-order valence-electron chi connectivity index (χ3n) is 8.77. The zero-order valence-corrected chi connectivity index (χ0v) is 25.1. The van der Waals surface area contributed by atoms with E-state index in [0.717, 1.165) is 18.4 Å². The first-order valence-corrected chi connectivity index (χ1v) is 14.8. The van der Waals surface area contributed by atoms with E-state index in [1.54, 1.807) is 31.3 Å². The van der Waals surface area contributed by atoms with Crippen molar-refractivity contribution in [2.75, 3.05) is 44.3 Å². The number of hydrogen-bond donors (Lipinski definition) is 0. The summed E-state index contributed by atoms with van der Waals surface area (Å²) in [5.74, 6) is 0.693. The van der Waals surface area contributed by atoms with Crippen LogP contribution in [0, 0.1) is 6.57 Å². The number of anilines is 1. The number of pyridine rings is 1. The highest BCUT2D eigenvalue weighted by Crippen LogP contribution is 2.38. The fourth-order valence-electron chi connectivity index (χ4n) is 6.46. The number of benzene rings is 1. The molecule has 2 aliphatic heterocycles. The lowest BCUT2D eigenvalue weighted by molar-refractivity contribution is -0.138. The monoisotopic (exact) mass is 597 g/mol. The lowest BCUT2D eigenvalue weighted by Crippen LogP contribution is -2.58. The van der Waals surface area contributed by atoms with E-state index < -0.39 is 17.4 Å². The molecule has 12 heteroatoms. The molecule has 2 saturated heterocycles. The van der Waals surface area contributed by atoms with Gasteiger partial charge >= 0.3 is 11.9 Å². The molecule has 3 aromatic rings. The third-order valence-corrected chi connectivity index (χ3v) is 8.77. The minimum absolute atomic E-state index is 0.0519. The highest BCUT2D eigenvalue weighted by Gasteiger charge is 2.38. The maximum Gasteiger partial charge on any atom is 0.416 e. The molecule has 1 aromatic carbocycles. The summed E-state index contributed by atoms with van der Waals surface area (Å²) in [4.78, 5) is 31.7. The molecule has 0 N–H and O–H groups in total. The van der Waals surface area contributed by atoms with Crippen LogP contribution in [0.4, 0.5) is 24.8 Å². The molecular formula is C31H38F3N7O2. The Bertz CT molecular complexity index is 1560. The van der Waals surface area contributed by atoms with Gasteiger partial charge in [0.2, 0.25) is 5.52 Å². The number of alkyl halides is 3. The summed E-state index contributed by atoms with van der Waals surface area (Å²) in [7, 11) is 1.64. The van der Waals surface area contributed by atoms with Crippen LogP contribution >= 0.6 is 0 Å². The Labute approximate surface area is 249 Å². The predicted octanol–water partition coefficient (Wildman–Crippen LogP) is 5.17. The van der Waals surface area contributed by atoms with E-state index in [-0.39, 0.29) is 30.5 Å². The van der Waals surface area contributed by atoms with Crippen molar-refractivity contribution in [3.05, 3.63) is 68.9 Å². The Morgan fingerprint density at radius 2 is 1.86 bits per heavy atom. The number of fused-ring (bicyclic) bond motifs is 1. The molecule has 230 valence electrons. The highest BCUT2D eigenvalue weighted by molar-refractivity contribution is 5.87. The normalized spacial score (nSPS) is 21.2. The summed E-state index contributed by atoms with van der Waals surface area (Å²) in [6, 6.07) is 7.85. The van der Waals surface area contributed by atoms with Gasteiger partial charge in [-0.15, -0.1) is 4.98 Å². The fourth-order valence-corrected chi connectivity index (χ4v) is 6.46. The molecule has 9 nitrogen and oxygen atoms in total. The Morgan fingerprint density at radius 3 is 2.51 bits per heavy atom. The smallest absolute Gasteiger partial charge is 0.379 e. The number of halogens is 3. The Hall–Kier alpha value is -3.53. The number of aryl methyl sites for hydroxylation is 1. The van der Waals surface area contributed by atoms with Crippen LogP contribution in [0.5, 0.6) is 0 Å². The lowest BCUT2D eigenvalue weighted by atomic mass is 9.93. The van der Waals surface area contributed by atoms with Crippen molar-refractivity contribution in [1.29, 1.82) is 0 Å². The molecule has 2 fully saturated rings. The summed E-state index contributed by atoms with van der Waals surface area (Å²) in [5.41, 5.74) is 1.30. The van der Waals surface area contributed by atoms with Crippen molar-refractivity contribution in [3.63, 3.8) is 0 Å². The molecule has 4 heterocycles. The van der Waals surface area contributed by atoms with E-state index in [0.29, 0.717) is 61.8 Å². The molecule has 0 saturated carbocycles. The molecule has 5 rings (SSSR count). The van der Waals surface area contributed by atoms with Crippen molar-refractivity contribution >= 4 is 22.7 Å². The summed E-state index contributed by atoms with van der Waals surface area (Å²) < 4.78 is 49.0. The molecule has 0 bridgehead atoms. The molecule has 0 spiro atoms. The quantitative estimate of drug-likeness (QED) is 0.348. The second-order valence-electron chi connectivity index (χ2n) is 11.4. The van der Waals surface area contributed by atoms with Gasteiger partial charge < -0.3 is 14.5 Å². The summed E-state index contributed by atoms with van der Waals surface area (Å²) >= 11 is 0. The minimum atomic E-state index is -4.43. The maximum atomic E-state index is 14.0. The van der Waals surface area contributed by atoms with Gasteiger partial charge in [0.15, 0.2) is 5.82 Å². The fraction of sp³-hybridized carbons (Fsp3) is 0.548. The highest BCUT2D eigenvalue weighted by atomic mass is 19.4. The predicted molar refractivity (Wildman–Crippen MR) is 159 cm³/mol. The maximum absolute atomic E-state index is 14.0. The second kappa shape index (κ2) is 12.6. The molecule has 1 unspecified atom stereocenters. The van der Waals surface area contributed by atoms with Crippen LogP contribution in [0.25, 0.3) is 15.9 Å². The number of rotatable bonds is 7. The number of piperazine rings is 1. The number of ether oxygens (including phenoxy) is 1. The molecule has 3 atom stereocenters. The van der Waals surface area contributed by atoms with Crippen LogP contribution in [0.15, 0.2) is 35.1 Å².